The number of nitrogens with zero attached hydrogens (tertiary/aromatic N) is 3. The number of aryl methyl sites for hydroxylation is 1. The maximum absolute atomic E-state index is 12.1. The van der Waals surface area contributed by atoms with E-state index in [0.29, 0.717) is 0 Å². The minimum atomic E-state index is -0.612. The minimum Gasteiger partial charge on any atom is -0.456 e. The Bertz CT molecular complexity index is 901. The molecule has 0 saturated carbocycles. The van der Waals surface area contributed by atoms with E-state index in [-0.39, 0.29) is 17.9 Å². The molecule has 2 heterocycles. The van der Waals surface area contributed by atoms with Crippen LogP contribution in [-0.2, 0) is 11.3 Å². The highest BCUT2D eigenvalue weighted by molar-refractivity contribution is 5.90. The lowest BCUT2D eigenvalue weighted by Gasteiger charge is -2.06. The van der Waals surface area contributed by atoms with Gasteiger partial charge in [0.25, 0.3) is 5.69 Å². The molecule has 0 radical (unpaired) electrons. The van der Waals surface area contributed by atoms with Crippen molar-refractivity contribution in [2.75, 3.05) is 0 Å². The van der Waals surface area contributed by atoms with Crippen molar-refractivity contribution in [3.8, 4) is 0 Å². The van der Waals surface area contributed by atoms with Crippen LogP contribution >= 0.6 is 0 Å². The molecule has 1 aromatic carbocycles. The van der Waals surface area contributed by atoms with Crippen LogP contribution in [-0.4, -0.2) is 20.3 Å². The van der Waals surface area contributed by atoms with Crippen LogP contribution in [0.5, 0.6) is 0 Å². The fourth-order valence-corrected chi connectivity index (χ4v) is 2.30. The zero-order valence-electron chi connectivity index (χ0n) is 12.3. The maximum atomic E-state index is 12.1. The summed E-state index contributed by atoms with van der Waals surface area (Å²) < 4.78 is 7.12. The average Bonchev–Trinajstić information content (AvgIpc) is 2.88. The predicted octanol–water partition coefficient (Wildman–Crippen LogP) is 2.91. The number of nitro groups is 1. The van der Waals surface area contributed by atoms with E-state index in [1.165, 1.54) is 24.3 Å². The van der Waals surface area contributed by atoms with Crippen LogP contribution in [0, 0.1) is 17.0 Å². The van der Waals surface area contributed by atoms with Gasteiger partial charge in [-0.25, -0.2) is 9.78 Å². The summed E-state index contributed by atoms with van der Waals surface area (Å²) in [5.41, 5.74) is 2.30. The molecule has 0 bridgehead atoms. The van der Waals surface area contributed by atoms with Gasteiger partial charge in [0.05, 0.1) is 21.9 Å². The fourth-order valence-electron chi connectivity index (χ4n) is 2.30. The second kappa shape index (κ2) is 5.88. The molecule has 3 aromatic rings. The van der Waals surface area contributed by atoms with Crippen molar-refractivity contribution in [2.45, 2.75) is 13.5 Å². The van der Waals surface area contributed by atoms with Gasteiger partial charge in [0.15, 0.2) is 0 Å². The number of carbonyl (C=O) groups excluding carboxylic acids is 1. The fraction of sp³-hybridized carbons (Fsp3) is 0.125. The summed E-state index contributed by atoms with van der Waals surface area (Å²) in [4.78, 5) is 26.7. The van der Waals surface area contributed by atoms with Gasteiger partial charge in [-0.05, 0) is 25.1 Å². The van der Waals surface area contributed by atoms with E-state index in [9.17, 15) is 14.9 Å². The summed E-state index contributed by atoms with van der Waals surface area (Å²) >= 11 is 0. The molecule has 7 nitrogen and oxygen atoms in total. The second-order valence-electron chi connectivity index (χ2n) is 4.96. The largest absolute Gasteiger partial charge is 0.456 e. The van der Waals surface area contributed by atoms with Crippen LogP contribution in [0.3, 0.4) is 0 Å². The third-order valence-corrected chi connectivity index (χ3v) is 3.46. The highest BCUT2D eigenvalue weighted by Gasteiger charge is 2.15. The number of non-ortho nitro benzene ring substituents is 1. The Morgan fingerprint density at radius 3 is 2.91 bits per heavy atom. The number of esters is 1. The van der Waals surface area contributed by atoms with Crippen LogP contribution in [0.4, 0.5) is 5.69 Å². The van der Waals surface area contributed by atoms with E-state index in [0.717, 1.165) is 17.0 Å². The maximum Gasteiger partial charge on any atom is 0.338 e. The van der Waals surface area contributed by atoms with E-state index in [2.05, 4.69) is 4.98 Å². The number of fused-ring (bicyclic) bond motifs is 1. The SMILES string of the molecule is Cc1nc2ccccn2c1COC(=O)c1cccc([N+](=O)[O-])c1. The molecule has 2 aromatic heterocycles. The van der Waals surface area contributed by atoms with E-state index in [4.69, 9.17) is 4.74 Å². The number of hydrogen-bond acceptors (Lipinski definition) is 5. The van der Waals surface area contributed by atoms with Crippen LogP contribution in [0.25, 0.3) is 5.65 Å². The van der Waals surface area contributed by atoms with Gasteiger partial charge >= 0.3 is 5.97 Å². The first-order valence-corrected chi connectivity index (χ1v) is 6.90. The zero-order valence-corrected chi connectivity index (χ0v) is 12.3. The number of pyridine rings is 1. The number of rotatable bonds is 4. The Morgan fingerprint density at radius 1 is 1.30 bits per heavy atom. The van der Waals surface area contributed by atoms with Gasteiger partial charge in [0.1, 0.15) is 12.3 Å². The number of nitro benzene ring substituents is 1. The van der Waals surface area contributed by atoms with Gasteiger partial charge in [0, 0.05) is 18.3 Å². The molecule has 0 aliphatic rings. The lowest BCUT2D eigenvalue weighted by Crippen LogP contribution is -2.07. The summed E-state index contributed by atoms with van der Waals surface area (Å²) in [7, 11) is 0. The number of benzene rings is 1. The van der Waals surface area contributed by atoms with E-state index >= 15 is 0 Å². The normalized spacial score (nSPS) is 10.7. The molecule has 3 rings (SSSR count). The monoisotopic (exact) mass is 311 g/mol. The van der Waals surface area contributed by atoms with Crippen LogP contribution < -0.4 is 0 Å². The lowest BCUT2D eigenvalue weighted by atomic mass is 10.2. The number of carbonyl (C=O) groups is 1. The number of ether oxygens (including phenoxy) is 1. The molecule has 0 fully saturated rings. The first kappa shape index (κ1) is 14.7. The van der Waals surface area contributed by atoms with Gasteiger partial charge in [-0.3, -0.25) is 10.1 Å². The summed E-state index contributed by atoms with van der Waals surface area (Å²) in [5, 5.41) is 10.8. The zero-order chi connectivity index (χ0) is 16.4. The molecule has 116 valence electrons. The Balaban J connectivity index is 1.80. The Morgan fingerprint density at radius 2 is 2.13 bits per heavy atom. The van der Waals surface area contributed by atoms with Crippen molar-refractivity contribution >= 4 is 17.3 Å². The molecule has 7 heteroatoms. The van der Waals surface area contributed by atoms with Gasteiger partial charge in [0.2, 0.25) is 0 Å². The molecular weight excluding hydrogens is 298 g/mol. The van der Waals surface area contributed by atoms with Crippen LogP contribution in [0.1, 0.15) is 21.7 Å². The highest BCUT2D eigenvalue weighted by atomic mass is 16.6. The average molecular weight is 311 g/mol. The molecule has 0 aliphatic carbocycles. The first-order valence-electron chi connectivity index (χ1n) is 6.90. The minimum absolute atomic E-state index is 0.0402. The molecule has 0 spiro atoms. The summed E-state index contributed by atoms with van der Waals surface area (Å²) in [6.07, 6.45) is 1.84. The molecular formula is C16H13N3O4. The summed E-state index contributed by atoms with van der Waals surface area (Å²) in [6.45, 7) is 1.88. The van der Waals surface area contributed by atoms with Crippen molar-refractivity contribution in [1.29, 1.82) is 0 Å². The van der Waals surface area contributed by atoms with Crippen molar-refractivity contribution < 1.29 is 14.5 Å². The van der Waals surface area contributed by atoms with Crippen molar-refractivity contribution in [2.24, 2.45) is 0 Å². The molecule has 0 amide bonds. The number of imidazole rings is 1. The molecule has 0 N–H and O–H groups in total. The Kier molecular flexibility index (Phi) is 3.76. The predicted molar refractivity (Wildman–Crippen MR) is 82.1 cm³/mol. The molecule has 23 heavy (non-hydrogen) atoms. The Labute approximate surface area is 131 Å². The van der Waals surface area contributed by atoms with Crippen molar-refractivity contribution in [3.63, 3.8) is 0 Å². The summed E-state index contributed by atoms with van der Waals surface area (Å²) in [5.74, 6) is -0.612. The smallest absolute Gasteiger partial charge is 0.338 e. The van der Waals surface area contributed by atoms with Crippen molar-refractivity contribution in [3.05, 3.63) is 75.7 Å². The lowest BCUT2D eigenvalue weighted by molar-refractivity contribution is -0.384. The third kappa shape index (κ3) is 2.89. The van der Waals surface area contributed by atoms with Crippen LogP contribution in [0.2, 0.25) is 0 Å². The quantitative estimate of drug-likeness (QED) is 0.420. The van der Waals surface area contributed by atoms with E-state index < -0.39 is 10.9 Å². The molecule has 0 unspecified atom stereocenters. The summed E-state index contributed by atoms with van der Waals surface area (Å²) in [6, 6.07) is 11.1. The highest BCUT2D eigenvalue weighted by Crippen LogP contribution is 2.16. The van der Waals surface area contributed by atoms with Crippen LogP contribution in [0.15, 0.2) is 48.7 Å². The molecule has 0 atom stereocenters. The van der Waals surface area contributed by atoms with Gasteiger partial charge in [-0.2, -0.15) is 0 Å². The van der Waals surface area contributed by atoms with Gasteiger partial charge in [-0.1, -0.05) is 12.1 Å². The molecule has 0 aliphatic heterocycles. The standard InChI is InChI=1S/C16H13N3O4/c1-11-14(18-8-3-2-7-15(18)17-11)10-23-16(20)12-5-4-6-13(9-12)19(21)22/h2-9H,10H2,1H3. The van der Waals surface area contributed by atoms with E-state index in [1.807, 2.05) is 35.7 Å². The molecule has 0 saturated heterocycles. The number of hydrogen-bond donors (Lipinski definition) is 0. The van der Waals surface area contributed by atoms with Crippen molar-refractivity contribution in [1.82, 2.24) is 9.38 Å². The third-order valence-electron chi connectivity index (χ3n) is 3.46. The van der Waals surface area contributed by atoms with Gasteiger partial charge < -0.3 is 9.14 Å². The topological polar surface area (TPSA) is 86.7 Å². The van der Waals surface area contributed by atoms with Gasteiger partial charge in [-0.15, -0.1) is 0 Å². The second-order valence-corrected chi connectivity index (χ2v) is 4.96. The number of aromatic nitrogens is 2. The Hall–Kier alpha value is -3.22. The van der Waals surface area contributed by atoms with E-state index in [1.54, 1.807) is 0 Å². The first-order chi connectivity index (χ1) is 11.1.